The molecule has 24 heavy (non-hydrogen) atoms. The van der Waals surface area contributed by atoms with Gasteiger partial charge in [-0.3, -0.25) is 0 Å². The number of hydrogen-bond donors (Lipinski definition) is 0. The van der Waals surface area contributed by atoms with Crippen LogP contribution in [0.25, 0.3) is 11.4 Å². The Morgan fingerprint density at radius 3 is 2.58 bits per heavy atom. The molecule has 0 aliphatic rings. The minimum atomic E-state index is 0.683. The van der Waals surface area contributed by atoms with E-state index in [1.54, 1.807) is 11.8 Å². The van der Waals surface area contributed by atoms with Crippen molar-refractivity contribution >= 4 is 11.8 Å². The fourth-order valence-electron chi connectivity index (χ4n) is 2.50. The molecule has 0 bridgehead atoms. The maximum Gasteiger partial charge on any atom is 0.191 e. The zero-order valence-corrected chi connectivity index (χ0v) is 14.5. The van der Waals surface area contributed by atoms with Crippen LogP contribution in [0, 0.1) is 18.3 Å². The van der Waals surface area contributed by atoms with Gasteiger partial charge in [-0.05, 0) is 37.6 Å². The lowest BCUT2D eigenvalue weighted by Gasteiger charge is -2.08. The van der Waals surface area contributed by atoms with Gasteiger partial charge in [0, 0.05) is 17.9 Å². The summed E-state index contributed by atoms with van der Waals surface area (Å²) in [5, 5.41) is 18.5. The fourth-order valence-corrected chi connectivity index (χ4v) is 3.46. The Balaban J connectivity index is 1.80. The average molecular weight is 334 g/mol. The number of rotatable bonds is 5. The van der Waals surface area contributed by atoms with E-state index in [2.05, 4.69) is 52.9 Å². The molecule has 1 heterocycles. The second-order valence-corrected chi connectivity index (χ2v) is 6.46. The fraction of sp³-hybridized carbons (Fsp3) is 0.211. The number of nitrogens with zero attached hydrogens (tertiary/aromatic N) is 4. The van der Waals surface area contributed by atoms with Crippen molar-refractivity contribution in [2.24, 2.45) is 0 Å². The lowest BCUT2D eigenvalue weighted by Crippen LogP contribution is -2.00. The zero-order valence-electron chi connectivity index (χ0n) is 13.7. The van der Waals surface area contributed by atoms with Gasteiger partial charge in [0.05, 0.1) is 11.6 Å². The van der Waals surface area contributed by atoms with Crippen molar-refractivity contribution < 1.29 is 0 Å². The van der Waals surface area contributed by atoms with E-state index in [1.165, 1.54) is 11.1 Å². The molecule has 3 rings (SSSR count). The summed E-state index contributed by atoms with van der Waals surface area (Å²) in [6, 6.07) is 18.1. The van der Waals surface area contributed by atoms with Crippen LogP contribution in [0.1, 0.15) is 23.6 Å². The number of benzene rings is 2. The summed E-state index contributed by atoms with van der Waals surface area (Å²) in [7, 11) is 0. The maximum absolute atomic E-state index is 8.86. The van der Waals surface area contributed by atoms with Gasteiger partial charge in [-0.2, -0.15) is 5.26 Å². The van der Waals surface area contributed by atoms with Crippen LogP contribution in [0.2, 0.25) is 0 Å². The van der Waals surface area contributed by atoms with Crippen LogP contribution in [0.5, 0.6) is 0 Å². The van der Waals surface area contributed by atoms with Crippen LogP contribution in [-0.4, -0.2) is 14.8 Å². The molecule has 0 aliphatic heterocycles. The molecule has 1 aromatic heterocycles. The summed E-state index contributed by atoms with van der Waals surface area (Å²) in [6.07, 6.45) is 0. The Bertz CT molecular complexity index is 875. The van der Waals surface area contributed by atoms with Crippen LogP contribution in [0.4, 0.5) is 0 Å². The van der Waals surface area contributed by atoms with Gasteiger partial charge >= 0.3 is 0 Å². The van der Waals surface area contributed by atoms with Crippen molar-refractivity contribution in [3.63, 3.8) is 0 Å². The van der Waals surface area contributed by atoms with Crippen molar-refractivity contribution in [2.45, 2.75) is 31.3 Å². The van der Waals surface area contributed by atoms with E-state index >= 15 is 0 Å². The largest absolute Gasteiger partial charge is 0.302 e. The Labute approximate surface area is 146 Å². The van der Waals surface area contributed by atoms with Gasteiger partial charge < -0.3 is 4.57 Å². The second-order valence-electron chi connectivity index (χ2n) is 5.52. The topological polar surface area (TPSA) is 54.5 Å². The molecule has 0 unspecified atom stereocenters. The van der Waals surface area contributed by atoms with Gasteiger partial charge in [0.2, 0.25) is 0 Å². The predicted molar refractivity (Wildman–Crippen MR) is 96.6 cm³/mol. The van der Waals surface area contributed by atoms with Crippen molar-refractivity contribution in [3.05, 3.63) is 65.2 Å². The summed E-state index contributed by atoms with van der Waals surface area (Å²) in [4.78, 5) is 0. The number of aryl methyl sites for hydroxylation is 1. The van der Waals surface area contributed by atoms with Crippen molar-refractivity contribution in [1.82, 2.24) is 14.8 Å². The van der Waals surface area contributed by atoms with E-state index < -0.39 is 0 Å². The molecule has 120 valence electrons. The molecule has 0 atom stereocenters. The molecule has 0 N–H and O–H groups in total. The lowest BCUT2D eigenvalue weighted by molar-refractivity contribution is 0.687. The summed E-state index contributed by atoms with van der Waals surface area (Å²) in [5.74, 6) is 1.71. The third-order valence-corrected chi connectivity index (χ3v) is 4.80. The van der Waals surface area contributed by atoms with Crippen molar-refractivity contribution in [1.29, 1.82) is 5.26 Å². The number of hydrogen-bond acceptors (Lipinski definition) is 4. The molecule has 3 aromatic rings. The molecule has 0 spiro atoms. The van der Waals surface area contributed by atoms with Crippen LogP contribution < -0.4 is 0 Å². The van der Waals surface area contributed by atoms with Gasteiger partial charge in [-0.15, -0.1) is 10.2 Å². The van der Waals surface area contributed by atoms with Crippen molar-refractivity contribution in [2.75, 3.05) is 0 Å². The van der Waals surface area contributed by atoms with Crippen LogP contribution in [0.3, 0.4) is 0 Å². The SMILES string of the molecule is CCn1c(SCc2ccc(C#N)cc2)nnc1-c1cccc(C)c1. The Morgan fingerprint density at radius 1 is 1.12 bits per heavy atom. The maximum atomic E-state index is 8.86. The molecule has 0 fully saturated rings. The van der Waals surface area contributed by atoms with Gasteiger partial charge in [0.15, 0.2) is 11.0 Å². The van der Waals surface area contributed by atoms with Crippen LogP contribution in [-0.2, 0) is 12.3 Å². The third kappa shape index (κ3) is 3.50. The van der Waals surface area contributed by atoms with Gasteiger partial charge in [0.1, 0.15) is 0 Å². The van der Waals surface area contributed by atoms with Gasteiger partial charge in [0.25, 0.3) is 0 Å². The molecule has 4 nitrogen and oxygen atoms in total. The molecule has 0 radical (unpaired) electrons. The molecule has 0 saturated heterocycles. The highest BCUT2D eigenvalue weighted by atomic mass is 32.2. The van der Waals surface area contributed by atoms with E-state index in [0.717, 1.165) is 28.8 Å². The number of aromatic nitrogens is 3. The second kappa shape index (κ2) is 7.33. The first kappa shape index (κ1) is 16.3. The van der Waals surface area contributed by atoms with E-state index in [1.807, 2.05) is 30.3 Å². The van der Waals surface area contributed by atoms with E-state index in [4.69, 9.17) is 5.26 Å². The minimum Gasteiger partial charge on any atom is -0.302 e. The first-order valence-corrected chi connectivity index (χ1v) is 8.82. The Hall–Kier alpha value is -2.58. The molecular weight excluding hydrogens is 316 g/mol. The average Bonchev–Trinajstić information content (AvgIpc) is 3.03. The molecule has 0 amide bonds. The quantitative estimate of drug-likeness (QED) is 0.647. The molecule has 5 heteroatoms. The molecule has 0 aliphatic carbocycles. The zero-order chi connectivity index (χ0) is 16.9. The monoisotopic (exact) mass is 334 g/mol. The molecule has 2 aromatic carbocycles. The number of thioether (sulfide) groups is 1. The Morgan fingerprint density at radius 2 is 1.92 bits per heavy atom. The highest BCUT2D eigenvalue weighted by molar-refractivity contribution is 7.98. The first-order chi connectivity index (χ1) is 11.7. The van der Waals surface area contributed by atoms with E-state index in [0.29, 0.717) is 5.56 Å². The normalized spacial score (nSPS) is 10.5. The first-order valence-electron chi connectivity index (χ1n) is 7.83. The van der Waals surface area contributed by atoms with Crippen LogP contribution in [0.15, 0.2) is 53.7 Å². The number of nitriles is 1. The Kier molecular flexibility index (Phi) is 4.97. The summed E-state index contributed by atoms with van der Waals surface area (Å²) in [6.45, 7) is 5.01. The highest BCUT2D eigenvalue weighted by Gasteiger charge is 2.13. The summed E-state index contributed by atoms with van der Waals surface area (Å²) in [5.41, 5.74) is 4.16. The smallest absolute Gasteiger partial charge is 0.191 e. The summed E-state index contributed by atoms with van der Waals surface area (Å²) >= 11 is 1.66. The van der Waals surface area contributed by atoms with Gasteiger partial charge in [-0.1, -0.05) is 47.7 Å². The highest BCUT2D eigenvalue weighted by Crippen LogP contribution is 2.26. The van der Waals surface area contributed by atoms with Gasteiger partial charge in [-0.25, -0.2) is 0 Å². The minimum absolute atomic E-state index is 0.683. The standard InChI is InChI=1S/C19H18N4S/c1-3-23-18(17-6-4-5-14(2)11-17)21-22-19(23)24-13-16-9-7-15(12-20)8-10-16/h4-11H,3,13H2,1-2H3. The van der Waals surface area contributed by atoms with Crippen molar-refractivity contribution in [3.8, 4) is 17.5 Å². The van der Waals surface area contributed by atoms with Crippen LogP contribution >= 0.6 is 11.8 Å². The van der Waals surface area contributed by atoms with E-state index in [9.17, 15) is 0 Å². The lowest BCUT2D eigenvalue weighted by atomic mass is 10.1. The predicted octanol–water partition coefficient (Wildman–Crippen LogP) is 4.44. The third-order valence-electron chi connectivity index (χ3n) is 3.76. The van der Waals surface area contributed by atoms with E-state index in [-0.39, 0.29) is 0 Å². The summed E-state index contributed by atoms with van der Waals surface area (Å²) < 4.78 is 2.14. The molecule has 0 saturated carbocycles. The molecular formula is C19H18N4S.